The van der Waals surface area contributed by atoms with Gasteiger partial charge < -0.3 is 14.6 Å². The van der Waals surface area contributed by atoms with Gasteiger partial charge in [0, 0.05) is 21.8 Å². The van der Waals surface area contributed by atoms with E-state index in [1.54, 1.807) is 6.92 Å². The van der Waals surface area contributed by atoms with Gasteiger partial charge in [-0.25, -0.2) is 18.4 Å². The summed E-state index contributed by atoms with van der Waals surface area (Å²) in [6.07, 6.45) is 6.00. The summed E-state index contributed by atoms with van der Waals surface area (Å²) in [6, 6.07) is 6.91. The Morgan fingerprint density at radius 1 is 1.33 bits per heavy atom. The third kappa shape index (κ3) is 6.00. The summed E-state index contributed by atoms with van der Waals surface area (Å²) >= 11 is 8.82. The smallest absolute Gasteiger partial charge is 0.177 e. The number of hydrogen-bond acceptors (Lipinski definition) is 7. The van der Waals surface area contributed by atoms with Crippen molar-refractivity contribution in [2.24, 2.45) is 0 Å². The molecule has 1 aliphatic rings. The second-order valence-corrected chi connectivity index (χ2v) is 11.0. The lowest BCUT2D eigenvalue weighted by Gasteiger charge is -2.37. The zero-order valence-electron chi connectivity index (χ0n) is 17.6. The van der Waals surface area contributed by atoms with Crippen molar-refractivity contribution in [2.45, 2.75) is 35.9 Å². The Balaban J connectivity index is 1.43. The number of thioether (sulfide) groups is 1. The van der Waals surface area contributed by atoms with Crippen LogP contribution in [-0.2, 0) is 21.6 Å². The molecule has 1 aromatic carbocycles. The first-order chi connectivity index (χ1) is 15.8. The molecule has 0 aliphatic carbocycles. The number of ether oxygens (including phenoxy) is 2. The molecule has 1 N–H and O–H groups in total. The van der Waals surface area contributed by atoms with Crippen molar-refractivity contribution in [1.82, 2.24) is 14.8 Å². The Bertz CT molecular complexity index is 1090. The van der Waals surface area contributed by atoms with E-state index >= 15 is 0 Å². The average molecular weight is 514 g/mol. The van der Waals surface area contributed by atoms with Crippen LogP contribution in [0.15, 0.2) is 49.1 Å². The number of halogens is 3. The van der Waals surface area contributed by atoms with Gasteiger partial charge in [0.25, 0.3) is 0 Å². The number of thiophene rings is 1. The van der Waals surface area contributed by atoms with Gasteiger partial charge in [-0.2, -0.15) is 5.10 Å². The lowest BCUT2D eigenvalue weighted by atomic mass is 9.90. The van der Waals surface area contributed by atoms with Crippen LogP contribution >= 0.6 is 34.7 Å². The number of rotatable bonds is 8. The molecule has 2 atom stereocenters. The summed E-state index contributed by atoms with van der Waals surface area (Å²) in [5, 5.41) is 15.1. The molecule has 0 saturated carbocycles. The van der Waals surface area contributed by atoms with E-state index in [0.29, 0.717) is 17.6 Å². The molecule has 176 valence electrons. The highest BCUT2D eigenvalue weighted by Gasteiger charge is 2.41. The predicted molar refractivity (Wildman–Crippen MR) is 125 cm³/mol. The van der Waals surface area contributed by atoms with Crippen molar-refractivity contribution in [3.05, 3.63) is 75.5 Å². The van der Waals surface area contributed by atoms with E-state index in [-0.39, 0.29) is 17.4 Å². The average Bonchev–Trinajstić information content (AvgIpc) is 3.44. The SMILES string of the molecule is C[C@@H](SC1COC(C=Cc2ccc(Cl)s2)OC1)[C@](O)(Cn1cncn1)c1ccc(F)cc1F. The van der Waals surface area contributed by atoms with Crippen molar-refractivity contribution < 1.29 is 23.4 Å². The molecular formula is C22H22ClF2N3O3S2. The molecule has 1 saturated heterocycles. The highest BCUT2D eigenvalue weighted by Crippen LogP contribution is 2.38. The van der Waals surface area contributed by atoms with Crippen LogP contribution in [0.4, 0.5) is 8.78 Å². The van der Waals surface area contributed by atoms with Crippen LogP contribution < -0.4 is 0 Å². The number of hydrogen-bond donors (Lipinski definition) is 1. The summed E-state index contributed by atoms with van der Waals surface area (Å²) < 4.78 is 41.9. The van der Waals surface area contributed by atoms with Gasteiger partial charge in [-0.15, -0.1) is 23.1 Å². The molecule has 33 heavy (non-hydrogen) atoms. The molecule has 3 aromatic rings. The monoisotopic (exact) mass is 513 g/mol. The van der Waals surface area contributed by atoms with Crippen molar-refractivity contribution in [3.63, 3.8) is 0 Å². The Labute approximate surface area is 203 Å². The molecular weight excluding hydrogens is 492 g/mol. The zero-order chi connectivity index (χ0) is 23.4. The Hall–Kier alpha value is -1.82. The zero-order valence-corrected chi connectivity index (χ0v) is 20.0. The lowest BCUT2D eigenvalue weighted by molar-refractivity contribution is -0.146. The molecule has 0 unspecified atom stereocenters. The summed E-state index contributed by atoms with van der Waals surface area (Å²) in [6.45, 7) is 2.52. The first-order valence-electron chi connectivity index (χ1n) is 10.2. The summed E-state index contributed by atoms with van der Waals surface area (Å²) in [7, 11) is 0. The predicted octanol–water partition coefficient (Wildman–Crippen LogP) is 4.74. The molecule has 0 radical (unpaired) electrons. The minimum Gasteiger partial charge on any atom is -0.382 e. The van der Waals surface area contributed by atoms with E-state index in [1.165, 1.54) is 46.5 Å². The second kappa shape index (κ2) is 10.6. The molecule has 0 bridgehead atoms. The quantitative estimate of drug-likeness (QED) is 0.469. The molecule has 1 fully saturated rings. The van der Waals surface area contributed by atoms with E-state index in [9.17, 15) is 13.9 Å². The Kier molecular flexibility index (Phi) is 7.83. The molecule has 2 aromatic heterocycles. The van der Waals surface area contributed by atoms with Crippen molar-refractivity contribution in [3.8, 4) is 0 Å². The number of aromatic nitrogens is 3. The number of benzene rings is 1. The van der Waals surface area contributed by atoms with Crippen LogP contribution in [0.25, 0.3) is 6.08 Å². The van der Waals surface area contributed by atoms with Crippen molar-refractivity contribution in [1.29, 1.82) is 0 Å². The van der Waals surface area contributed by atoms with Crippen LogP contribution in [-0.4, -0.2) is 49.9 Å². The Morgan fingerprint density at radius 3 is 2.76 bits per heavy atom. The fourth-order valence-corrected chi connectivity index (χ4v) is 5.81. The van der Waals surface area contributed by atoms with Crippen LogP contribution in [0.2, 0.25) is 4.34 Å². The first-order valence-corrected chi connectivity index (χ1v) is 12.3. The molecule has 1 aliphatic heterocycles. The number of nitrogens with zero attached hydrogens (tertiary/aromatic N) is 3. The summed E-state index contributed by atoms with van der Waals surface area (Å²) in [4.78, 5) is 4.88. The van der Waals surface area contributed by atoms with Crippen molar-refractivity contribution in [2.75, 3.05) is 13.2 Å². The third-order valence-corrected chi connectivity index (χ3v) is 7.89. The maximum absolute atomic E-state index is 14.7. The summed E-state index contributed by atoms with van der Waals surface area (Å²) in [5.41, 5.74) is -1.68. The fraction of sp³-hybridized carbons (Fsp3) is 0.364. The molecule has 3 heterocycles. The van der Waals surface area contributed by atoms with Gasteiger partial charge in [0.2, 0.25) is 0 Å². The minimum absolute atomic E-state index is 0.00698. The maximum atomic E-state index is 14.7. The standard InChI is InChI=1S/C22H22ClF2N3O3S2/c1-14(32-17-9-30-21(31-10-17)7-4-16-3-6-20(23)33-16)22(29,11-28-13-26-12-27-28)18-5-2-15(24)8-19(18)25/h2-8,12-14,17,21,29H,9-11H2,1H3/t14-,17?,21?,22-/m1/s1. The molecule has 0 spiro atoms. The fourth-order valence-electron chi connectivity index (χ4n) is 3.52. The van der Waals surface area contributed by atoms with E-state index in [2.05, 4.69) is 10.1 Å². The Morgan fingerprint density at radius 2 is 2.12 bits per heavy atom. The van der Waals surface area contributed by atoms with Crippen LogP contribution in [0, 0.1) is 11.6 Å². The lowest BCUT2D eigenvalue weighted by Crippen LogP contribution is -2.43. The van der Waals surface area contributed by atoms with E-state index in [0.717, 1.165) is 17.0 Å². The topological polar surface area (TPSA) is 69.4 Å². The minimum atomic E-state index is -1.68. The molecule has 4 rings (SSSR count). The second-order valence-electron chi connectivity index (χ2n) is 7.58. The van der Waals surface area contributed by atoms with E-state index in [4.69, 9.17) is 21.1 Å². The third-order valence-electron chi connectivity index (χ3n) is 5.24. The maximum Gasteiger partial charge on any atom is 0.177 e. The summed E-state index contributed by atoms with van der Waals surface area (Å²) in [5.74, 6) is -1.53. The highest BCUT2D eigenvalue weighted by atomic mass is 35.5. The normalized spacial score (nSPS) is 21.8. The van der Waals surface area contributed by atoms with Gasteiger partial charge in [-0.1, -0.05) is 24.6 Å². The largest absolute Gasteiger partial charge is 0.382 e. The van der Waals surface area contributed by atoms with Crippen LogP contribution in [0.3, 0.4) is 0 Å². The molecule has 6 nitrogen and oxygen atoms in total. The van der Waals surface area contributed by atoms with Gasteiger partial charge in [-0.05, 0) is 30.4 Å². The molecule has 11 heteroatoms. The van der Waals surface area contributed by atoms with Crippen LogP contribution in [0.1, 0.15) is 17.4 Å². The number of aliphatic hydroxyl groups is 1. The highest BCUT2D eigenvalue weighted by molar-refractivity contribution is 8.00. The van der Waals surface area contributed by atoms with Gasteiger partial charge in [0.15, 0.2) is 6.29 Å². The van der Waals surface area contributed by atoms with Gasteiger partial charge in [-0.3, -0.25) is 0 Å². The van der Waals surface area contributed by atoms with Gasteiger partial charge in [0.05, 0.1) is 29.3 Å². The van der Waals surface area contributed by atoms with Crippen LogP contribution in [0.5, 0.6) is 0 Å². The van der Waals surface area contributed by atoms with Crippen molar-refractivity contribution >= 4 is 40.8 Å². The molecule has 0 amide bonds. The van der Waals surface area contributed by atoms with Gasteiger partial charge >= 0.3 is 0 Å². The van der Waals surface area contributed by atoms with E-state index in [1.807, 2.05) is 24.3 Å². The van der Waals surface area contributed by atoms with Gasteiger partial charge in [0.1, 0.15) is 29.9 Å². The first kappa shape index (κ1) is 24.3. The van der Waals surface area contributed by atoms with E-state index < -0.39 is 28.8 Å².